The minimum atomic E-state index is -1.45. The lowest BCUT2D eigenvalue weighted by Gasteiger charge is -2.30. The van der Waals surface area contributed by atoms with Crippen molar-refractivity contribution in [1.82, 2.24) is 5.32 Å². The van der Waals surface area contributed by atoms with Crippen molar-refractivity contribution in [1.29, 1.82) is 0 Å². The van der Waals surface area contributed by atoms with Crippen LogP contribution < -0.4 is 15.1 Å². The molecule has 3 aliphatic rings. The first-order chi connectivity index (χ1) is 15.8. The van der Waals surface area contributed by atoms with Gasteiger partial charge >= 0.3 is 5.97 Å². The summed E-state index contributed by atoms with van der Waals surface area (Å²) < 4.78 is 5.06. The van der Waals surface area contributed by atoms with Gasteiger partial charge in [-0.25, -0.2) is 4.90 Å². The van der Waals surface area contributed by atoms with E-state index in [-0.39, 0.29) is 19.1 Å². The fraction of sp³-hybridized carbons (Fsp3) is 0.333. The van der Waals surface area contributed by atoms with Gasteiger partial charge in [-0.3, -0.25) is 29.4 Å². The van der Waals surface area contributed by atoms with Gasteiger partial charge in [-0.05, 0) is 38.1 Å². The van der Waals surface area contributed by atoms with Crippen LogP contribution in [0.4, 0.5) is 11.4 Å². The Kier molecular flexibility index (Phi) is 5.02. The maximum atomic E-state index is 13.9. The first-order valence-electron chi connectivity index (χ1n) is 10.8. The van der Waals surface area contributed by atoms with Gasteiger partial charge in [-0.15, -0.1) is 0 Å². The molecule has 3 heterocycles. The molecular weight excluding hydrogens is 446 g/mol. The molecule has 2 saturated heterocycles. The molecule has 0 aromatic heterocycles. The molecule has 2 aromatic carbocycles. The summed E-state index contributed by atoms with van der Waals surface area (Å²) in [5.41, 5.74) is 0.0224. The summed E-state index contributed by atoms with van der Waals surface area (Å²) >= 11 is 6.11. The largest absolute Gasteiger partial charge is 0.465 e. The highest BCUT2D eigenvalue weighted by Gasteiger charge is 2.71. The zero-order valence-electron chi connectivity index (χ0n) is 18.1. The van der Waals surface area contributed by atoms with Crippen LogP contribution in [0.1, 0.15) is 19.4 Å². The number of nitrogens with zero attached hydrogens (tertiary/aromatic N) is 2. The number of hydrogen-bond donors (Lipinski definition) is 1. The second-order valence-electron chi connectivity index (χ2n) is 8.45. The Labute approximate surface area is 195 Å². The smallest absolute Gasteiger partial charge is 0.326 e. The fourth-order valence-electron chi connectivity index (χ4n) is 5.47. The van der Waals surface area contributed by atoms with E-state index in [1.807, 2.05) is 0 Å². The maximum Gasteiger partial charge on any atom is 0.326 e. The van der Waals surface area contributed by atoms with E-state index in [0.717, 1.165) is 4.90 Å². The number of fused-ring (bicyclic) bond motifs is 4. The van der Waals surface area contributed by atoms with Crippen LogP contribution in [0.25, 0.3) is 0 Å². The minimum absolute atomic E-state index is 0.190. The van der Waals surface area contributed by atoms with Crippen molar-refractivity contribution in [2.24, 2.45) is 11.8 Å². The predicted octanol–water partition coefficient (Wildman–Crippen LogP) is 2.24. The number of nitrogens with one attached hydrogen (secondary N) is 1. The van der Waals surface area contributed by atoms with Gasteiger partial charge in [0.15, 0.2) is 0 Å². The molecule has 9 heteroatoms. The minimum Gasteiger partial charge on any atom is -0.465 e. The molecule has 0 bridgehead atoms. The number of ether oxygens (including phenoxy) is 1. The summed E-state index contributed by atoms with van der Waals surface area (Å²) in [6.45, 7) is 3.40. The molecule has 2 aromatic rings. The van der Waals surface area contributed by atoms with E-state index in [9.17, 15) is 19.2 Å². The molecule has 3 aliphatic heterocycles. The van der Waals surface area contributed by atoms with E-state index in [2.05, 4.69) is 5.32 Å². The molecule has 0 radical (unpaired) electrons. The van der Waals surface area contributed by atoms with Gasteiger partial charge in [0.25, 0.3) is 5.91 Å². The normalized spacial score (nSPS) is 28.0. The molecule has 3 amide bonds. The standard InChI is InChI=1S/C24H22ClN3O5/c1-3-33-18(29)12-27-17-10-5-4-9-16(17)24(23(27)32)20-19(13(2)26-24)21(30)28(22(20)31)15-8-6-7-14(25)11-15/h4-11,13,19-20,26H,3,12H2,1-2H3/t13-,19-,20-,24+/m1/s1. The number of carbonyl (C=O) groups is 4. The van der Waals surface area contributed by atoms with Crippen molar-refractivity contribution in [2.45, 2.75) is 25.4 Å². The molecule has 170 valence electrons. The zero-order valence-corrected chi connectivity index (χ0v) is 18.8. The summed E-state index contributed by atoms with van der Waals surface area (Å²) in [4.78, 5) is 55.9. The Morgan fingerprint density at radius 2 is 1.88 bits per heavy atom. The van der Waals surface area contributed by atoms with E-state index in [4.69, 9.17) is 16.3 Å². The summed E-state index contributed by atoms with van der Waals surface area (Å²) in [6.07, 6.45) is 0. The second-order valence-corrected chi connectivity index (χ2v) is 8.89. The van der Waals surface area contributed by atoms with E-state index < -0.39 is 41.2 Å². The maximum absolute atomic E-state index is 13.9. The molecule has 0 unspecified atom stereocenters. The number of hydrogen-bond acceptors (Lipinski definition) is 6. The van der Waals surface area contributed by atoms with Crippen LogP contribution in [0.3, 0.4) is 0 Å². The van der Waals surface area contributed by atoms with Crippen LogP contribution in [-0.4, -0.2) is 42.9 Å². The molecule has 5 rings (SSSR count). The van der Waals surface area contributed by atoms with E-state index in [1.54, 1.807) is 62.4 Å². The van der Waals surface area contributed by atoms with Gasteiger partial charge in [0.1, 0.15) is 12.1 Å². The molecule has 0 aliphatic carbocycles. The lowest BCUT2D eigenvalue weighted by Crippen LogP contribution is -2.55. The SMILES string of the molecule is CCOC(=O)CN1C(=O)[C@]2(N[C@H](C)[C@H]3C(=O)N(c4cccc(Cl)c4)C(=O)[C@@H]32)c2ccccc21. The number of amides is 3. The van der Waals surface area contributed by atoms with Gasteiger partial charge in [0.05, 0.1) is 24.1 Å². The lowest BCUT2D eigenvalue weighted by atomic mass is 9.76. The number of esters is 1. The van der Waals surface area contributed by atoms with Crippen LogP contribution >= 0.6 is 11.6 Å². The molecular formula is C24H22ClN3O5. The predicted molar refractivity (Wildman–Crippen MR) is 121 cm³/mol. The highest BCUT2D eigenvalue weighted by atomic mass is 35.5. The molecule has 33 heavy (non-hydrogen) atoms. The van der Waals surface area contributed by atoms with Crippen LogP contribution in [-0.2, 0) is 29.5 Å². The fourth-order valence-corrected chi connectivity index (χ4v) is 5.66. The van der Waals surface area contributed by atoms with Gasteiger partial charge < -0.3 is 4.74 Å². The summed E-state index contributed by atoms with van der Waals surface area (Å²) in [6, 6.07) is 13.1. The van der Waals surface area contributed by atoms with E-state index >= 15 is 0 Å². The number of carbonyl (C=O) groups excluding carboxylic acids is 4. The molecule has 0 saturated carbocycles. The second kappa shape index (κ2) is 7.67. The van der Waals surface area contributed by atoms with E-state index in [0.29, 0.717) is 22.0 Å². The monoisotopic (exact) mass is 467 g/mol. The van der Waals surface area contributed by atoms with Crippen molar-refractivity contribution in [3.8, 4) is 0 Å². The average Bonchev–Trinajstić information content (AvgIpc) is 3.32. The Hall–Kier alpha value is -3.23. The molecule has 2 fully saturated rings. The molecule has 1 spiro atoms. The van der Waals surface area contributed by atoms with Crippen molar-refractivity contribution < 1.29 is 23.9 Å². The lowest BCUT2D eigenvalue weighted by molar-refractivity contribution is -0.142. The van der Waals surface area contributed by atoms with Crippen molar-refractivity contribution in [3.63, 3.8) is 0 Å². The third-order valence-electron chi connectivity index (χ3n) is 6.67. The quantitative estimate of drug-likeness (QED) is 0.547. The molecule has 4 atom stereocenters. The van der Waals surface area contributed by atoms with Crippen LogP contribution in [0.5, 0.6) is 0 Å². The summed E-state index contributed by atoms with van der Waals surface area (Å²) in [7, 11) is 0. The van der Waals surface area contributed by atoms with Gasteiger partial charge in [-0.1, -0.05) is 35.9 Å². The third kappa shape index (κ3) is 2.94. The summed E-state index contributed by atoms with van der Waals surface area (Å²) in [5, 5.41) is 3.68. The highest BCUT2D eigenvalue weighted by Crippen LogP contribution is 2.55. The number of benzene rings is 2. The van der Waals surface area contributed by atoms with Crippen LogP contribution in [0.15, 0.2) is 48.5 Å². The molecule has 8 nitrogen and oxygen atoms in total. The Morgan fingerprint density at radius 1 is 1.12 bits per heavy atom. The topological polar surface area (TPSA) is 96.0 Å². The van der Waals surface area contributed by atoms with Crippen LogP contribution in [0.2, 0.25) is 5.02 Å². The molecule has 1 N–H and O–H groups in total. The van der Waals surface area contributed by atoms with Crippen molar-refractivity contribution in [3.05, 3.63) is 59.1 Å². The zero-order chi connectivity index (χ0) is 23.5. The van der Waals surface area contributed by atoms with E-state index in [1.165, 1.54) is 4.90 Å². The number of para-hydroxylation sites is 1. The Balaban J connectivity index is 1.62. The number of rotatable bonds is 4. The first kappa shape index (κ1) is 21.6. The third-order valence-corrected chi connectivity index (χ3v) is 6.91. The van der Waals surface area contributed by atoms with Crippen molar-refractivity contribution in [2.75, 3.05) is 23.0 Å². The number of halogens is 1. The number of anilines is 2. The first-order valence-corrected chi connectivity index (χ1v) is 11.2. The van der Waals surface area contributed by atoms with Crippen LogP contribution in [0, 0.1) is 11.8 Å². The van der Waals surface area contributed by atoms with Gasteiger partial charge in [0, 0.05) is 22.3 Å². The Bertz CT molecular complexity index is 1200. The number of imide groups is 1. The van der Waals surface area contributed by atoms with Gasteiger partial charge in [0.2, 0.25) is 11.8 Å². The van der Waals surface area contributed by atoms with Gasteiger partial charge in [-0.2, -0.15) is 0 Å². The van der Waals surface area contributed by atoms with Crippen molar-refractivity contribution >= 4 is 46.7 Å². The Morgan fingerprint density at radius 3 is 2.61 bits per heavy atom. The highest BCUT2D eigenvalue weighted by molar-refractivity contribution is 6.31. The average molecular weight is 468 g/mol. The summed E-state index contributed by atoms with van der Waals surface area (Å²) in [5.74, 6) is -3.53.